The number of hydrogen-bond donors (Lipinski definition) is 0. The highest BCUT2D eigenvalue weighted by molar-refractivity contribution is 6.30. The third kappa shape index (κ3) is 2.22. The monoisotopic (exact) mass is 200 g/mol. The molecule has 1 rings (SSSR count). The molecule has 0 aliphatic carbocycles. The molecular weight excluding hydrogens is 187 g/mol. The van der Waals surface area contributed by atoms with Crippen LogP contribution in [0.1, 0.15) is 32.8 Å². The molecule has 0 nitrogen and oxygen atoms in total. The average molecular weight is 201 g/mol. The average Bonchev–Trinajstić information content (AvgIpc) is 2.03. The van der Waals surface area contributed by atoms with Crippen LogP contribution in [0.5, 0.6) is 0 Å². The molecule has 13 heavy (non-hydrogen) atoms. The number of benzene rings is 1. The van der Waals surface area contributed by atoms with Crippen molar-refractivity contribution in [2.24, 2.45) is 0 Å². The third-order valence-electron chi connectivity index (χ3n) is 2.54. The van der Waals surface area contributed by atoms with Crippen molar-refractivity contribution in [1.29, 1.82) is 0 Å². The van der Waals surface area contributed by atoms with Crippen LogP contribution in [-0.2, 0) is 5.41 Å². The minimum absolute atomic E-state index is 0.116. The molecule has 1 aromatic rings. The lowest BCUT2D eigenvalue weighted by Gasteiger charge is -2.23. The highest BCUT2D eigenvalue weighted by atomic mass is 35.5. The Hall–Kier alpha value is -0.560. The van der Waals surface area contributed by atoms with Crippen LogP contribution in [0.2, 0.25) is 5.02 Å². The maximum atomic E-state index is 13.4. The van der Waals surface area contributed by atoms with Crippen molar-refractivity contribution < 1.29 is 4.39 Å². The summed E-state index contributed by atoms with van der Waals surface area (Å²) >= 11 is 5.67. The zero-order valence-electron chi connectivity index (χ0n) is 8.20. The molecule has 0 bridgehead atoms. The molecule has 2 heteroatoms. The van der Waals surface area contributed by atoms with E-state index in [9.17, 15) is 4.39 Å². The van der Waals surface area contributed by atoms with Gasteiger partial charge in [0.05, 0.1) is 0 Å². The predicted octanol–water partition coefficient (Wildman–Crippen LogP) is 4.17. The largest absolute Gasteiger partial charge is 0.207 e. The van der Waals surface area contributed by atoms with E-state index in [0.717, 1.165) is 12.0 Å². The lowest BCUT2D eigenvalue weighted by Crippen LogP contribution is -2.17. The van der Waals surface area contributed by atoms with E-state index in [1.165, 1.54) is 6.07 Å². The molecular formula is C11H14ClF. The summed E-state index contributed by atoms with van der Waals surface area (Å²) in [5.41, 5.74) is 0.619. The topological polar surface area (TPSA) is 0 Å². The first-order valence-electron chi connectivity index (χ1n) is 4.43. The van der Waals surface area contributed by atoms with E-state index in [-0.39, 0.29) is 11.2 Å². The summed E-state index contributed by atoms with van der Waals surface area (Å²) in [6, 6.07) is 4.87. The van der Waals surface area contributed by atoms with Gasteiger partial charge in [-0.05, 0) is 29.5 Å². The van der Waals surface area contributed by atoms with E-state index >= 15 is 0 Å². The normalized spacial score (nSPS) is 11.8. The Labute approximate surface area is 83.7 Å². The van der Waals surface area contributed by atoms with Crippen LogP contribution in [0.25, 0.3) is 0 Å². The smallest absolute Gasteiger partial charge is 0.128 e. The van der Waals surface area contributed by atoms with E-state index in [2.05, 4.69) is 0 Å². The summed E-state index contributed by atoms with van der Waals surface area (Å²) in [5, 5.41) is 0.452. The Kier molecular flexibility index (Phi) is 2.97. The maximum Gasteiger partial charge on any atom is 0.128 e. The minimum Gasteiger partial charge on any atom is -0.207 e. The van der Waals surface area contributed by atoms with E-state index in [1.807, 2.05) is 20.8 Å². The van der Waals surface area contributed by atoms with Crippen LogP contribution in [0.3, 0.4) is 0 Å². The highest BCUT2D eigenvalue weighted by Gasteiger charge is 2.21. The van der Waals surface area contributed by atoms with Gasteiger partial charge < -0.3 is 0 Å². The quantitative estimate of drug-likeness (QED) is 0.672. The number of halogens is 2. The molecule has 0 saturated heterocycles. The summed E-state index contributed by atoms with van der Waals surface area (Å²) in [7, 11) is 0. The molecule has 0 saturated carbocycles. The standard InChI is InChI=1S/C11H14ClF/c1-4-11(2,3)9-6-5-8(12)7-10(9)13/h5-7H,4H2,1-3H3. The summed E-state index contributed by atoms with van der Waals surface area (Å²) < 4.78 is 13.4. The van der Waals surface area contributed by atoms with Gasteiger partial charge in [-0.25, -0.2) is 4.39 Å². The van der Waals surface area contributed by atoms with Crippen LogP contribution in [0.4, 0.5) is 4.39 Å². The van der Waals surface area contributed by atoms with Gasteiger partial charge in [0, 0.05) is 5.02 Å². The molecule has 0 radical (unpaired) electrons. The molecule has 0 amide bonds. The molecule has 0 aliphatic heterocycles. The lowest BCUT2D eigenvalue weighted by atomic mass is 9.82. The first-order chi connectivity index (χ1) is 5.97. The fourth-order valence-corrected chi connectivity index (χ4v) is 1.39. The maximum absolute atomic E-state index is 13.4. The van der Waals surface area contributed by atoms with Gasteiger partial charge in [-0.2, -0.15) is 0 Å². The van der Waals surface area contributed by atoms with Gasteiger partial charge in [-0.15, -0.1) is 0 Å². The van der Waals surface area contributed by atoms with Gasteiger partial charge in [-0.1, -0.05) is 38.4 Å². The molecule has 0 unspecified atom stereocenters. The zero-order valence-corrected chi connectivity index (χ0v) is 8.95. The van der Waals surface area contributed by atoms with Gasteiger partial charge in [0.15, 0.2) is 0 Å². The van der Waals surface area contributed by atoms with Crippen LogP contribution in [0.15, 0.2) is 18.2 Å². The van der Waals surface area contributed by atoms with Crippen molar-refractivity contribution in [3.05, 3.63) is 34.6 Å². The second-order valence-electron chi connectivity index (χ2n) is 3.86. The molecule has 0 aromatic heterocycles. The van der Waals surface area contributed by atoms with Crippen molar-refractivity contribution in [3.8, 4) is 0 Å². The van der Waals surface area contributed by atoms with E-state index in [0.29, 0.717) is 5.02 Å². The SMILES string of the molecule is CCC(C)(C)c1ccc(Cl)cc1F. The summed E-state index contributed by atoms with van der Waals surface area (Å²) in [4.78, 5) is 0. The summed E-state index contributed by atoms with van der Waals surface area (Å²) in [5.74, 6) is -0.209. The molecule has 72 valence electrons. The highest BCUT2D eigenvalue weighted by Crippen LogP contribution is 2.30. The first-order valence-corrected chi connectivity index (χ1v) is 4.80. The van der Waals surface area contributed by atoms with E-state index in [4.69, 9.17) is 11.6 Å². The zero-order chi connectivity index (χ0) is 10.1. The van der Waals surface area contributed by atoms with Gasteiger partial charge in [-0.3, -0.25) is 0 Å². The first kappa shape index (κ1) is 10.5. The van der Waals surface area contributed by atoms with Crippen LogP contribution < -0.4 is 0 Å². The fraction of sp³-hybridized carbons (Fsp3) is 0.455. The van der Waals surface area contributed by atoms with Crippen LogP contribution >= 0.6 is 11.6 Å². The Morgan fingerprint density at radius 3 is 2.46 bits per heavy atom. The van der Waals surface area contributed by atoms with Gasteiger partial charge >= 0.3 is 0 Å². The van der Waals surface area contributed by atoms with Crippen LogP contribution in [-0.4, -0.2) is 0 Å². The predicted molar refractivity (Wildman–Crippen MR) is 54.7 cm³/mol. The second kappa shape index (κ2) is 3.67. The molecule has 0 spiro atoms. The van der Waals surface area contributed by atoms with Crippen LogP contribution in [0, 0.1) is 5.82 Å². The molecule has 0 atom stereocenters. The van der Waals surface area contributed by atoms with Gasteiger partial charge in [0.25, 0.3) is 0 Å². The minimum atomic E-state index is -0.209. The molecule has 0 N–H and O–H groups in total. The Balaban J connectivity index is 3.16. The Morgan fingerprint density at radius 2 is 2.00 bits per heavy atom. The summed E-state index contributed by atoms with van der Waals surface area (Å²) in [6.45, 7) is 6.10. The van der Waals surface area contributed by atoms with Crippen molar-refractivity contribution in [2.45, 2.75) is 32.6 Å². The molecule has 0 heterocycles. The van der Waals surface area contributed by atoms with Gasteiger partial charge in [0.1, 0.15) is 5.82 Å². The molecule has 1 aromatic carbocycles. The number of rotatable bonds is 2. The third-order valence-corrected chi connectivity index (χ3v) is 2.78. The van der Waals surface area contributed by atoms with Crippen molar-refractivity contribution in [1.82, 2.24) is 0 Å². The molecule has 0 fully saturated rings. The van der Waals surface area contributed by atoms with Gasteiger partial charge in [0.2, 0.25) is 0 Å². The van der Waals surface area contributed by atoms with E-state index in [1.54, 1.807) is 12.1 Å². The van der Waals surface area contributed by atoms with Crippen molar-refractivity contribution in [2.75, 3.05) is 0 Å². The number of hydrogen-bond acceptors (Lipinski definition) is 0. The lowest BCUT2D eigenvalue weighted by molar-refractivity contribution is 0.469. The Bertz CT molecular complexity index is 305. The fourth-order valence-electron chi connectivity index (χ4n) is 1.23. The van der Waals surface area contributed by atoms with E-state index < -0.39 is 0 Å². The van der Waals surface area contributed by atoms with Crippen molar-refractivity contribution >= 4 is 11.6 Å². The summed E-state index contributed by atoms with van der Waals surface area (Å²) in [6.07, 6.45) is 0.908. The molecule has 0 aliphatic rings. The second-order valence-corrected chi connectivity index (χ2v) is 4.30. The Morgan fingerprint density at radius 1 is 1.38 bits per heavy atom. The van der Waals surface area contributed by atoms with Crippen molar-refractivity contribution in [3.63, 3.8) is 0 Å².